The van der Waals surface area contributed by atoms with Gasteiger partial charge in [0.15, 0.2) is 0 Å². The van der Waals surface area contributed by atoms with Gasteiger partial charge in [0.1, 0.15) is 0 Å². The average molecular weight is 309 g/mol. The predicted molar refractivity (Wildman–Crippen MR) is 97.1 cm³/mol. The van der Waals surface area contributed by atoms with Crippen LogP contribution in [0.15, 0.2) is 30.3 Å². The zero-order chi connectivity index (χ0) is 17.1. The number of carbonyl (C=O) groups excluding carboxylic acids is 1. The van der Waals surface area contributed by atoms with E-state index in [4.69, 9.17) is 0 Å². The molecule has 23 heavy (non-hydrogen) atoms. The summed E-state index contributed by atoms with van der Waals surface area (Å²) >= 11 is 0. The molecule has 122 valence electrons. The van der Waals surface area contributed by atoms with E-state index < -0.39 is 0 Å². The van der Waals surface area contributed by atoms with E-state index in [9.17, 15) is 4.79 Å². The zero-order valence-electron chi connectivity index (χ0n) is 15.1. The standard InChI is InChI=1S/C21H27NO/c1-7-20(18-9-8-13(2)15(4)11-18)22-21(23)19-12-16(5)14(3)10-17(19)6/h8-12,20H,7H2,1-6H3,(H,22,23)/t20-/m1/s1. The van der Waals surface area contributed by atoms with Crippen molar-refractivity contribution < 1.29 is 4.79 Å². The van der Waals surface area contributed by atoms with Crippen molar-refractivity contribution in [2.75, 3.05) is 0 Å². The number of aryl methyl sites for hydroxylation is 5. The second-order valence-electron chi connectivity index (χ2n) is 6.53. The molecular weight excluding hydrogens is 282 g/mol. The molecule has 0 aliphatic carbocycles. The van der Waals surface area contributed by atoms with Crippen molar-refractivity contribution in [1.29, 1.82) is 0 Å². The summed E-state index contributed by atoms with van der Waals surface area (Å²) in [5.41, 5.74) is 7.89. The SMILES string of the molecule is CC[C@@H](NC(=O)c1cc(C)c(C)cc1C)c1ccc(C)c(C)c1. The lowest BCUT2D eigenvalue weighted by Gasteiger charge is -2.20. The Hall–Kier alpha value is -2.09. The molecule has 0 unspecified atom stereocenters. The highest BCUT2D eigenvalue weighted by molar-refractivity contribution is 5.96. The van der Waals surface area contributed by atoms with Gasteiger partial charge in [-0.05, 0) is 80.5 Å². The van der Waals surface area contributed by atoms with Gasteiger partial charge in [0, 0.05) is 5.56 Å². The van der Waals surface area contributed by atoms with Crippen molar-refractivity contribution in [3.63, 3.8) is 0 Å². The third-order valence-electron chi connectivity index (χ3n) is 4.73. The Balaban J connectivity index is 2.26. The van der Waals surface area contributed by atoms with Gasteiger partial charge in [-0.1, -0.05) is 31.2 Å². The van der Waals surface area contributed by atoms with E-state index in [0.29, 0.717) is 0 Å². The second kappa shape index (κ2) is 6.99. The Kier molecular flexibility index (Phi) is 5.25. The summed E-state index contributed by atoms with van der Waals surface area (Å²) < 4.78 is 0. The maximum atomic E-state index is 12.7. The number of hydrogen-bond acceptors (Lipinski definition) is 1. The quantitative estimate of drug-likeness (QED) is 0.835. The molecule has 2 rings (SSSR count). The molecule has 1 amide bonds. The summed E-state index contributed by atoms with van der Waals surface area (Å²) in [7, 11) is 0. The van der Waals surface area contributed by atoms with Crippen LogP contribution in [0.1, 0.15) is 63.1 Å². The summed E-state index contributed by atoms with van der Waals surface area (Å²) in [6.07, 6.45) is 0.873. The van der Waals surface area contributed by atoms with E-state index in [0.717, 1.165) is 23.1 Å². The van der Waals surface area contributed by atoms with Gasteiger partial charge in [0.25, 0.3) is 5.91 Å². The fourth-order valence-corrected chi connectivity index (χ4v) is 2.84. The minimum absolute atomic E-state index is 0.00989. The van der Waals surface area contributed by atoms with Crippen LogP contribution in [0.4, 0.5) is 0 Å². The molecule has 1 N–H and O–H groups in total. The van der Waals surface area contributed by atoms with Crippen molar-refractivity contribution in [3.05, 3.63) is 69.3 Å². The van der Waals surface area contributed by atoms with Crippen LogP contribution >= 0.6 is 0 Å². The number of amides is 1. The monoisotopic (exact) mass is 309 g/mol. The Morgan fingerprint density at radius 1 is 0.870 bits per heavy atom. The molecule has 0 saturated carbocycles. The Bertz CT molecular complexity index is 731. The van der Waals surface area contributed by atoms with Gasteiger partial charge in [-0.15, -0.1) is 0 Å². The molecule has 0 bridgehead atoms. The molecule has 2 heteroatoms. The lowest BCUT2D eigenvalue weighted by molar-refractivity contribution is 0.0935. The van der Waals surface area contributed by atoms with Crippen LogP contribution in [0, 0.1) is 34.6 Å². The van der Waals surface area contributed by atoms with Gasteiger partial charge in [-0.3, -0.25) is 4.79 Å². The number of nitrogens with one attached hydrogen (secondary N) is 1. The Labute approximate surface area is 139 Å². The first-order valence-electron chi connectivity index (χ1n) is 8.29. The van der Waals surface area contributed by atoms with Crippen molar-refractivity contribution in [1.82, 2.24) is 5.32 Å². The lowest BCUT2D eigenvalue weighted by atomic mass is 9.97. The molecule has 0 aliphatic rings. The lowest BCUT2D eigenvalue weighted by Crippen LogP contribution is -2.29. The summed E-state index contributed by atoms with van der Waals surface area (Å²) in [5, 5.41) is 3.19. The molecule has 1 atom stereocenters. The molecule has 0 heterocycles. The average Bonchev–Trinajstić information content (AvgIpc) is 2.51. The van der Waals surface area contributed by atoms with Gasteiger partial charge in [-0.2, -0.15) is 0 Å². The van der Waals surface area contributed by atoms with E-state index >= 15 is 0 Å². The van der Waals surface area contributed by atoms with E-state index in [2.05, 4.69) is 57.3 Å². The van der Waals surface area contributed by atoms with E-state index in [-0.39, 0.29) is 11.9 Å². The Morgan fingerprint density at radius 2 is 1.48 bits per heavy atom. The topological polar surface area (TPSA) is 29.1 Å². The third kappa shape index (κ3) is 3.82. The van der Waals surface area contributed by atoms with Gasteiger partial charge in [-0.25, -0.2) is 0 Å². The number of benzene rings is 2. The summed E-state index contributed by atoms with van der Waals surface area (Å²) in [5.74, 6) is 0.00989. The zero-order valence-corrected chi connectivity index (χ0v) is 15.1. The highest BCUT2D eigenvalue weighted by Crippen LogP contribution is 2.22. The summed E-state index contributed by atoms with van der Waals surface area (Å²) in [4.78, 5) is 12.7. The molecule has 2 nitrogen and oxygen atoms in total. The van der Waals surface area contributed by atoms with Crippen molar-refractivity contribution in [2.45, 2.75) is 54.0 Å². The first-order chi connectivity index (χ1) is 10.8. The van der Waals surface area contributed by atoms with Crippen molar-refractivity contribution >= 4 is 5.91 Å². The Morgan fingerprint density at radius 3 is 2.09 bits per heavy atom. The second-order valence-corrected chi connectivity index (χ2v) is 6.53. The predicted octanol–water partition coefficient (Wildman–Crippen LogP) is 5.11. The molecule has 2 aromatic rings. The molecule has 0 saturated heterocycles. The largest absolute Gasteiger partial charge is 0.345 e. The van der Waals surface area contributed by atoms with Crippen LogP contribution in [-0.4, -0.2) is 5.91 Å². The summed E-state index contributed by atoms with van der Waals surface area (Å²) in [6, 6.07) is 10.5. The van der Waals surface area contributed by atoms with Crippen LogP contribution < -0.4 is 5.32 Å². The molecule has 0 spiro atoms. The minimum atomic E-state index is 0.00989. The summed E-state index contributed by atoms with van der Waals surface area (Å²) in [6.45, 7) is 12.4. The highest BCUT2D eigenvalue weighted by Gasteiger charge is 2.16. The normalized spacial score (nSPS) is 12.1. The minimum Gasteiger partial charge on any atom is -0.345 e. The van der Waals surface area contributed by atoms with Gasteiger partial charge >= 0.3 is 0 Å². The maximum absolute atomic E-state index is 12.7. The highest BCUT2D eigenvalue weighted by atomic mass is 16.1. The molecular formula is C21H27NO. The van der Waals surface area contributed by atoms with Gasteiger partial charge in [0.2, 0.25) is 0 Å². The van der Waals surface area contributed by atoms with E-state index in [1.54, 1.807) is 0 Å². The molecule has 0 aromatic heterocycles. The van der Waals surface area contributed by atoms with Crippen molar-refractivity contribution in [3.8, 4) is 0 Å². The number of rotatable bonds is 4. The first-order valence-corrected chi connectivity index (χ1v) is 8.29. The van der Waals surface area contributed by atoms with Gasteiger partial charge in [0.05, 0.1) is 6.04 Å². The van der Waals surface area contributed by atoms with E-state index in [1.165, 1.54) is 22.3 Å². The van der Waals surface area contributed by atoms with Crippen LogP contribution in [0.25, 0.3) is 0 Å². The molecule has 0 radical (unpaired) electrons. The van der Waals surface area contributed by atoms with Crippen LogP contribution in [-0.2, 0) is 0 Å². The fourth-order valence-electron chi connectivity index (χ4n) is 2.84. The third-order valence-corrected chi connectivity index (χ3v) is 4.73. The molecule has 0 fully saturated rings. The van der Waals surface area contributed by atoms with Crippen LogP contribution in [0.5, 0.6) is 0 Å². The van der Waals surface area contributed by atoms with Crippen LogP contribution in [0.3, 0.4) is 0 Å². The maximum Gasteiger partial charge on any atom is 0.252 e. The molecule has 0 aliphatic heterocycles. The van der Waals surface area contributed by atoms with Crippen LogP contribution in [0.2, 0.25) is 0 Å². The smallest absolute Gasteiger partial charge is 0.252 e. The van der Waals surface area contributed by atoms with E-state index in [1.807, 2.05) is 19.9 Å². The molecule has 2 aromatic carbocycles. The van der Waals surface area contributed by atoms with Gasteiger partial charge < -0.3 is 5.32 Å². The number of carbonyl (C=O) groups is 1. The van der Waals surface area contributed by atoms with Crippen molar-refractivity contribution in [2.24, 2.45) is 0 Å². The fraction of sp³-hybridized carbons (Fsp3) is 0.381. The first kappa shape index (κ1) is 17.3. The number of hydrogen-bond donors (Lipinski definition) is 1.